The third kappa shape index (κ3) is 2.06. The van der Waals surface area contributed by atoms with Gasteiger partial charge in [-0.05, 0) is 12.5 Å². The van der Waals surface area contributed by atoms with Gasteiger partial charge in [0.05, 0.1) is 5.69 Å². The van der Waals surface area contributed by atoms with Crippen LogP contribution < -0.4 is 0 Å². The van der Waals surface area contributed by atoms with Crippen LogP contribution in [0.4, 0.5) is 0 Å². The van der Waals surface area contributed by atoms with Crippen molar-refractivity contribution in [3.05, 3.63) is 23.3 Å². The SMILES string of the molecule is CCc1cc(C=S)nc(CO)n1. The first kappa shape index (κ1) is 9.22. The number of hydrogen-bond acceptors (Lipinski definition) is 4. The number of aryl methyl sites for hydroxylation is 1. The van der Waals surface area contributed by atoms with Gasteiger partial charge in [0.2, 0.25) is 0 Å². The maximum atomic E-state index is 8.80. The first-order valence-corrected chi connectivity index (χ1v) is 4.20. The van der Waals surface area contributed by atoms with E-state index in [1.807, 2.05) is 13.0 Å². The monoisotopic (exact) mass is 182 g/mol. The number of thiocarbonyl (C=S) groups is 1. The van der Waals surface area contributed by atoms with Gasteiger partial charge in [-0.25, -0.2) is 9.97 Å². The number of aliphatic hydroxyl groups excluding tert-OH is 1. The molecule has 3 nitrogen and oxygen atoms in total. The fourth-order valence-corrected chi connectivity index (χ4v) is 1.01. The highest BCUT2D eigenvalue weighted by molar-refractivity contribution is 7.79. The van der Waals surface area contributed by atoms with Crippen molar-refractivity contribution in [2.24, 2.45) is 0 Å². The average Bonchev–Trinajstić information content (AvgIpc) is 2.16. The van der Waals surface area contributed by atoms with Crippen molar-refractivity contribution >= 4 is 17.6 Å². The molecule has 12 heavy (non-hydrogen) atoms. The van der Waals surface area contributed by atoms with Crippen LogP contribution >= 0.6 is 12.2 Å². The molecule has 64 valence electrons. The Morgan fingerprint density at radius 3 is 2.83 bits per heavy atom. The van der Waals surface area contributed by atoms with Gasteiger partial charge in [0.1, 0.15) is 6.61 Å². The highest BCUT2D eigenvalue weighted by atomic mass is 32.1. The molecule has 0 aromatic carbocycles. The molecule has 1 heterocycles. The van der Waals surface area contributed by atoms with E-state index in [0.29, 0.717) is 11.5 Å². The summed E-state index contributed by atoms with van der Waals surface area (Å²) in [6.45, 7) is 1.86. The number of aromatic nitrogens is 2. The minimum Gasteiger partial charge on any atom is -0.388 e. The summed E-state index contributed by atoms with van der Waals surface area (Å²) in [4.78, 5) is 8.09. The standard InChI is InChI=1S/C8H10N2OS/c1-2-6-3-7(5-12)10-8(4-11)9-6/h3,5,11H,2,4H2,1H3. The first-order chi connectivity index (χ1) is 5.80. The summed E-state index contributed by atoms with van der Waals surface area (Å²) >= 11 is 4.74. The van der Waals surface area contributed by atoms with Gasteiger partial charge >= 0.3 is 0 Å². The van der Waals surface area contributed by atoms with Crippen molar-refractivity contribution in [2.45, 2.75) is 20.0 Å². The topological polar surface area (TPSA) is 46.0 Å². The molecule has 0 saturated heterocycles. The third-order valence-electron chi connectivity index (χ3n) is 1.47. The van der Waals surface area contributed by atoms with Crippen molar-refractivity contribution in [1.82, 2.24) is 9.97 Å². The Kier molecular flexibility index (Phi) is 3.25. The molecule has 0 aliphatic carbocycles. The van der Waals surface area contributed by atoms with E-state index in [4.69, 9.17) is 17.3 Å². The van der Waals surface area contributed by atoms with Gasteiger partial charge in [0, 0.05) is 11.1 Å². The lowest BCUT2D eigenvalue weighted by molar-refractivity contribution is 0.271. The van der Waals surface area contributed by atoms with Crippen molar-refractivity contribution < 1.29 is 5.11 Å². The molecule has 0 radical (unpaired) electrons. The summed E-state index contributed by atoms with van der Waals surface area (Å²) in [5.41, 5.74) is 1.60. The lowest BCUT2D eigenvalue weighted by Crippen LogP contribution is -2.01. The smallest absolute Gasteiger partial charge is 0.154 e. The van der Waals surface area contributed by atoms with Crippen LogP contribution in [0.5, 0.6) is 0 Å². The Morgan fingerprint density at radius 1 is 1.58 bits per heavy atom. The Hall–Kier alpha value is -0.870. The van der Waals surface area contributed by atoms with E-state index in [9.17, 15) is 0 Å². The Morgan fingerprint density at radius 2 is 2.33 bits per heavy atom. The van der Waals surface area contributed by atoms with Crippen molar-refractivity contribution in [3.8, 4) is 0 Å². The molecule has 4 heteroatoms. The zero-order chi connectivity index (χ0) is 8.97. The van der Waals surface area contributed by atoms with Gasteiger partial charge < -0.3 is 5.11 Å². The lowest BCUT2D eigenvalue weighted by Gasteiger charge is -2.00. The van der Waals surface area contributed by atoms with Crippen LogP contribution in [-0.2, 0) is 13.0 Å². The summed E-state index contributed by atoms with van der Waals surface area (Å²) in [5.74, 6) is 0.436. The van der Waals surface area contributed by atoms with E-state index in [1.54, 1.807) is 0 Å². The molecule has 0 bridgehead atoms. The number of rotatable bonds is 3. The molecule has 0 unspecified atom stereocenters. The molecule has 1 aromatic heterocycles. The van der Waals surface area contributed by atoms with Crippen LogP contribution in [0, 0.1) is 0 Å². The summed E-state index contributed by atoms with van der Waals surface area (Å²) in [6, 6.07) is 1.83. The van der Waals surface area contributed by atoms with E-state index in [0.717, 1.165) is 12.1 Å². The molecule has 0 fully saturated rings. The normalized spacial score (nSPS) is 9.83. The molecule has 0 atom stereocenters. The largest absolute Gasteiger partial charge is 0.388 e. The molecule has 0 saturated carbocycles. The van der Waals surface area contributed by atoms with Crippen LogP contribution in [0.1, 0.15) is 24.1 Å². The van der Waals surface area contributed by atoms with Crippen LogP contribution in [0.25, 0.3) is 0 Å². The zero-order valence-electron chi connectivity index (χ0n) is 6.82. The minimum atomic E-state index is -0.135. The van der Waals surface area contributed by atoms with E-state index < -0.39 is 0 Å². The van der Waals surface area contributed by atoms with Gasteiger partial charge in [-0.2, -0.15) is 0 Å². The maximum absolute atomic E-state index is 8.80. The number of aliphatic hydroxyl groups is 1. The zero-order valence-corrected chi connectivity index (χ0v) is 7.64. The van der Waals surface area contributed by atoms with Crippen molar-refractivity contribution in [2.75, 3.05) is 0 Å². The number of hydrogen-bond donors (Lipinski definition) is 1. The predicted octanol–water partition coefficient (Wildman–Crippen LogP) is 0.879. The molecular formula is C8H10N2OS. The third-order valence-corrected chi connectivity index (χ3v) is 1.71. The Labute approximate surface area is 76.5 Å². The summed E-state index contributed by atoms with van der Waals surface area (Å²) in [6.07, 6.45) is 0.825. The van der Waals surface area contributed by atoms with E-state index in [1.165, 1.54) is 5.37 Å². The molecule has 1 N–H and O–H groups in total. The molecule has 0 aliphatic rings. The van der Waals surface area contributed by atoms with E-state index in [2.05, 4.69) is 9.97 Å². The molecule has 0 spiro atoms. The summed E-state index contributed by atoms with van der Waals surface area (Å²) in [5, 5.41) is 10.3. The highest BCUT2D eigenvalue weighted by Gasteiger charge is 1.99. The van der Waals surface area contributed by atoms with Gasteiger partial charge in [-0.1, -0.05) is 19.1 Å². The van der Waals surface area contributed by atoms with Crippen molar-refractivity contribution in [1.29, 1.82) is 0 Å². The second-order valence-electron chi connectivity index (χ2n) is 2.33. The molecule has 0 amide bonds. The van der Waals surface area contributed by atoms with Gasteiger partial charge in [0.25, 0.3) is 0 Å². The maximum Gasteiger partial charge on any atom is 0.154 e. The van der Waals surface area contributed by atoms with Crippen LogP contribution in [-0.4, -0.2) is 20.4 Å². The molecule has 0 aliphatic heterocycles. The second-order valence-corrected chi connectivity index (χ2v) is 2.57. The minimum absolute atomic E-state index is 0.135. The highest BCUT2D eigenvalue weighted by Crippen LogP contribution is 2.00. The fourth-order valence-electron chi connectivity index (χ4n) is 0.887. The first-order valence-electron chi connectivity index (χ1n) is 3.73. The number of nitrogens with zero attached hydrogens (tertiary/aromatic N) is 2. The average molecular weight is 182 g/mol. The fraction of sp³-hybridized carbons (Fsp3) is 0.375. The molecule has 1 rings (SSSR count). The van der Waals surface area contributed by atoms with Crippen LogP contribution in [0.15, 0.2) is 6.07 Å². The Balaban J connectivity index is 3.09. The van der Waals surface area contributed by atoms with E-state index in [-0.39, 0.29) is 6.61 Å². The van der Waals surface area contributed by atoms with Gasteiger partial charge in [-0.3, -0.25) is 0 Å². The quantitative estimate of drug-likeness (QED) is 0.705. The lowest BCUT2D eigenvalue weighted by atomic mass is 10.3. The summed E-state index contributed by atoms with van der Waals surface area (Å²) < 4.78 is 0. The molecular weight excluding hydrogens is 172 g/mol. The van der Waals surface area contributed by atoms with E-state index >= 15 is 0 Å². The predicted molar refractivity (Wildman–Crippen MR) is 50.1 cm³/mol. The van der Waals surface area contributed by atoms with Crippen molar-refractivity contribution in [3.63, 3.8) is 0 Å². The Bertz CT molecular complexity index is 266. The molecule has 1 aromatic rings. The van der Waals surface area contributed by atoms with Gasteiger partial charge in [0.15, 0.2) is 5.82 Å². The van der Waals surface area contributed by atoms with Crippen LogP contribution in [0.3, 0.4) is 0 Å². The second kappa shape index (κ2) is 4.23. The van der Waals surface area contributed by atoms with Crippen LogP contribution in [0.2, 0.25) is 0 Å². The summed E-state index contributed by atoms with van der Waals surface area (Å²) in [7, 11) is 0. The van der Waals surface area contributed by atoms with Gasteiger partial charge in [-0.15, -0.1) is 0 Å².